The minimum atomic E-state index is -3.06. The van der Waals surface area contributed by atoms with E-state index in [1.54, 1.807) is 13.0 Å². The van der Waals surface area contributed by atoms with Crippen molar-refractivity contribution in [3.8, 4) is 0 Å². The number of carbonyl (C=O) groups excluding carboxylic acids is 1. The SMILES string of the molecule is CC(CS(C)(=O)=O)Nc1ccc(C(N)=O)cc1N. The van der Waals surface area contributed by atoms with Gasteiger partial charge in [-0.3, -0.25) is 4.79 Å². The van der Waals surface area contributed by atoms with E-state index in [9.17, 15) is 13.2 Å². The molecule has 0 bridgehead atoms. The topological polar surface area (TPSA) is 115 Å². The fraction of sp³-hybridized carbons (Fsp3) is 0.364. The van der Waals surface area contributed by atoms with E-state index in [1.165, 1.54) is 18.4 Å². The minimum Gasteiger partial charge on any atom is -0.397 e. The summed E-state index contributed by atoms with van der Waals surface area (Å²) < 4.78 is 22.3. The van der Waals surface area contributed by atoms with Gasteiger partial charge in [0.25, 0.3) is 0 Å². The second-order valence-electron chi connectivity index (χ2n) is 4.30. The minimum absolute atomic E-state index is 0.00398. The lowest BCUT2D eigenvalue weighted by Gasteiger charge is -2.16. The van der Waals surface area contributed by atoms with E-state index in [0.29, 0.717) is 16.9 Å². The first kappa shape index (κ1) is 14.3. The van der Waals surface area contributed by atoms with Crippen molar-refractivity contribution in [3.63, 3.8) is 0 Å². The Morgan fingerprint density at radius 3 is 2.50 bits per heavy atom. The molecule has 0 heterocycles. The van der Waals surface area contributed by atoms with Crippen LogP contribution in [0.4, 0.5) is 11.4 Å². The molecule has 0 radical (unpaired) electrons. The second-order valence-corrected chi connectivity index (χ2v) is 6.49. The van der Waals surface area contributed by atoms with Crippen molar-refractivity contribution >= 4 is 27.1 Å². The second kappa shape index (κ2) is 5.26. The highest BCUT2D eigenvalue weighted by Gasteiger charge is 2.12. The highest BCUT2D eigenvalue weighted by molar-refractivity contribution is 7.90. The Hall–Kier alpha value is -1.76. The van der Waals surface area contributed by atoms with Crippen molar-refractivity contribution in [1.29, 1.82) is 0 Å². The van der Waals surface area contributed by atoms with Gasteiger partial charge in [0, 0.05) is 17.9 Å². The molecule has 0 saturated heterocycles. The molecule has 5 N–H and O–H groups in total. The summed E-state index contributed by atoms with van der Waals surface area (Å²) in [6.07, 6.45) is 1.17. The predicted octanol–water partition coefficient (Wildman–Crippen LogP) is 0.213. The summed E-state index contributed by atoms with van der Waals surface area (Å²) in [5.41, 5.74) is 12.1. The molecule has 0 spiro atoms. The monoisotopic (exact) mass is 271 g/mol. The Bertz CT molecular complexity index is 555. The smallest absolute Gasteiger partial charge is 0.248 e. The number of anilines is 2. The van der Waals surface area contributed by atoms with Gasteiger partial charge >= 0.3 is 0 Å². The highest BCUT2D eigenvalue weighted by atomic mass is 32.2. The van der Waals surface area contributed by atoms with Crippen molar-refractivity contribution in [2.24, 2.45) is 5.73 Å². The predicted molar refractivity (Wildman–Crippen MR) is 72.2 cm³/mol. The number of hydrogen-bond donors (Lipinski definition) is 3. The molecule has 0 aromatic heterocycles. The van der Waals surface area contributed by atoms with E-state index in [4.69, 9.17) is 11.5 Å². The molecule has 1 rings (SSSR count). The Balaban J connectivity index is 2.83. The number of benzene rings is 1. The molecule has 1 unspecified atom stereocenters. The third kappa shape index (κ3) is 4.25. The number of hydrogen-bond acceptors (Lipinski definition) is 5. The maximum Gasteiger partial charge on any atom is 0.248 e. The van der Waals surface area contributed by atoms with Gasteiger partial charge in [0.05, 0.1) is 17.1 Å². The average Bonchev–Trinajstić information content (AvgIpc) is 2.17. The zero-order valence-corrected chi connectivity index (χ0v) is 11.1. The summed E-state index contributed by atoms with van der Waals surface area (Å²) >= 11 is 0. The lowest BCUT2D eigenvalue weighted by Crippen LogP contribution is -2.25. The molecule has 6 nitrogen and oxygen atoms in total. The van der Waals surface area contributed by atoms with Crippen molar-refractivity contribution < 1.29 is 13.2 Å². The Morgan fingerprint density at radius 2 is 2.06 bits per heavy atom. The summed E-state index contributed by atoms with van der Waals surface area (Å²) in [6.45, 7) is 1.74. The van der Waals surface area contributed by atoms with Gasteiger partial charge < -0.3 is 16.8 Å². The van der Waals surface area contributed by atoms with Crippen LogP contribution in [0, 0.1) is 0 Å². The molecule has 0 saturated carbocycles. The number of primary amides is 1. The molecule has 18 heavy (non-hydrogen) atoms. The Labute approximate surface area is 106 Å². The van der Waals surface area contributed by atoms with E-state index in [1.807, 2.05) is 0 Å². The molecule has 0 aliphatic carbocycles. The Morgan fingerprint density at radius 1 is 1.44 bits per heavy atom. The van der Waals surface area contributed by atoms with Crippen molar-refractivity contribution in [2.45, 2.75) is 13.0 Å². The number of nitrogen functional groups attached to an aromatic ring is 1. The van der Waals surface area contributed by atoms with E-state index >= 15 is 0 Å². The quantitative estimate of drug-likeness (QED) is 0.662. The van der Waals surface area contributed by atoms with Gasteiger partial charge in [-0.1, -0.05) is 0 Å². The van der Waals surface area contributed by atoms with Crippen LogP contribution in [0.5, 0.6) is 0 Å². The van der Waals surface area contributed by atoms with Gasteiger partial charge in [-0.25, -0.2) is 8.42 Å². The van der Waals surface area contributed by atoms with Gasteiger partial charge in [0.1, 0.15) is 9.84 Å². The van der Waals surface area contributed by atoms with Crippen LogP contribution in [0.2, 0.25) is 0 Å². The van der Waals surface area contributed by atoms with Gasteiger partial charge in [-0.15, -0.1) is 0 Å². The molecule has 1 atom stereocenters. The molecule has 7 heteroatoms. The van der Waals surface area contributed by atoms with E-state index in [-0.39, 0.29) is 11.8 Å². The van der Waals surface area contributed by atoms with Gasteiger partial charge in [0.2, 0.25) is 5.91 Å². The standard InChI is InChI=1S/C11H17N3O3S/c1-7(6-18(2,16)17)14-10-4-3-8(11(13)15)5-9(10)12/h3-5,7,14H,6,12H2,1-2H3,(H2,13,15). The molecule has 1 aromatic rings. The van der Waals surface area contributed by atoms with Crippen LogP contribution in [0.3, 0.4) is 0 Å². The van der Waals surface area contributed by atoms with Gasteiger partial charge in [-0.2, -0.15) is 0 Å². The van der Waals surface area contributed by atoms with Crippen LogP contribution in [0.25, 0.3) is 0 Å². The van der Waals surface area contributed by atoms with E-state index < -0.39 is 15.7 Å². The van der Waals surface area contributed by atoms with Crippen molar-refractivity contribution in [1.82, 2.24) is 0 Å². The fourth-order valence-corrected chi connectivity index (χ4v) is 2.60. The lowest BCUT2D eigenvalue weighted by molar-refractivity contribution is 0.100. The number of nitrogens with one attached hydrogen (secondary N) is 1. The summed E-state index contributed by atoms with van der Waals surface area (Å²) in [5, 5.41) is 2.98. The molecule has 0 fully saturated rings. The molecule has 1 amide bonds. The van der Waals surface area contributed by atoms with E-state index in [2.05, 4.69) is 5.32 Å². The maximum absolute atomic E-state index is 11.1. The number of carbonyl (C=O) groups is 1. The lowest BCUT2D eigenvalue weighted by atomic mass is 10.1. The van der Waals surface area contributed by atoms with Crippen LogP contribution < -0.4 is 16.8 Å². The number of sulfone groups is 1. The summed E-state index contributed by atoms with van der Waals surface area (Å²) in [4.78, 5) is 10.9. The average molecular weight is 271 g/mol. The third-order valence-electron chi connectivity index (χ3n) is 2.29. The van der Waals surface area contributed by atoms with Crippen molar-refractivity contribution in [2.75, 3.05) is 23.1 Å². The van der Waals surface area contributed by atoms with Crippen LogP contribution in [0.1, 0.15) is 17.3 Å². The first-order valence-corrected chi connectivity index (χ1v) is 7.38. The van der Waals surface area contributed by atoms with Crippen LogP contribution in [-0.2, 0) is 9.84 Å². The molecule has 0 aliphatic rings. The normalized spacial score (nSPS) is 13.0. The van der Waals surface area contributed by atoms with Crippen LogP contribution in [0.15, 0.2) is 18.2 Å². The van der Waals surface area contributed by atoms with Crippen LogP contribution in [-0.4, -0.2) is 32.4 Å². The molecule has 1 aromatic carbocycles. The van der Waals surface area contributed by atoms with Crippen molar-refractivity contribution in [3.05, 3.63) is 23.8 Å². The largest absolute Gasteiger partial charge is 0.397 e. The molecular weight excluding hydrogens is 254 g/mol. The summed E-state index contributed by atoms with van der Waals surface area (Å²) in [7, 11) is -3.06. The van der Waals surface area contributed by atoms with Gasteiger partial charge in [0.15, 0.2) is 0 Å². The molecule has 100 valence electrons. The third-order valence-corrected chi connectivity index (χ3v) is 3.40. The molecular formula is C11H17N3O3S. The van der Waals surface area contributed by atoms with Gasteiger partial charge in [-0.05, 0) is 25.1 Å². The number of amides is 1. The highest BCUT2D eigenvalue weighted by Crippen LogP contribution is 2.20. The Kier molecular flexibility index (Phi) is 4.18. The molecule has 0 aliphatic heterocycles. The summed E-state index contributed by atoms with van der Waals surface area (Å²) in [6, 6.07) is 4.32. The first-order valence-electron chi connectivity index (χ1n) is 5.32. The zero-order valence-electron chi connectivity index (χ0n) is 10.3. The fourth-order valence-electron chi connectivity index (χ4n) is 1.61. The number of nitrogens with two attached hydrogens (primary N) is 2. The maximum atomic E-state index is 11.1. The first-order chi connectivity index (χ1) is 8.19. The zero-order chi connectivity index (χ0) is 13.9. The number of rotatable bonds is 5. The van der Waals surface area contributed by atoms with Crippen LogP contribution >= 0.6 is 0 Å². The van der Waals surface area contributed by atoms with E-state index in [0.717, 1.165) is 0 Å². The summed E-state index contributed by atoms with van der Waals surface area (Å²) in [5.74, 6) is -0.554.